The molecular formula is C28H36O4. The Morgan fingerprint density at radius 2 is 1.56 bits per heavy atom. The molecule has 0 bridgehead atoms. The van der Waals surface area contributed by atoms with Gasteiger partial charge in [0.2, 0.25) is 0 Å². The zero-order valence-corrected chi connectivity index (χ0v) is 20.0. The van der Waals surface area contributed by atoms with Crippen LogP contribution in [0.25, 0.3) is 6.08 Å². The number of benzene rings is 2. The van der Waals surface area contributed by atoms with Crippen LogP contribution < -0.4 is 4.74 Å². The molecule has 0 spiro atoms. The number of unbranched alkanes of at least 4 members (excludes halogenated alkanes) is 4. The van der Waals surface area contributed by atoms with Crippen LogP contribution in [0.2, 0.25) is 0 Å². The Labute approximate surface area is 192 Å². The normalized spacial score (nSPS) is 11.7. The summed E-state index contributed by atoms with van der Waals surface area (Å²) in [6, 6.07) is 11.7. The maximum Gasteiger partial charge on any atom is 0.347 e. The minimum absolute atomic E-state index is 0.0397. The van der Waals surface area contributed by atoms with Gasteiger partial charge in [0.1, 0.15) is 5.75 Å². The van der Waals surface area contributed by atoms with E-state index in [1.165, 1.54) is 51.5 Å². The molecule has 4 heteroatoms. The Bertz CT molecular complexity index is 929. The zero-order chi connectivity index (χ0) is 23.7. The quantitative estimate of drug-likeness (QED) is 0.222. The van der Waals surface area contributed by atoms with Gasteiger partial charge >= 0.3 is 5.97 Å². The third-order valence-electron chi connectivity index (χ3n) is 5.59. The van der Waals surface area contributed by atoms with Crippen molar-refractivity contribution in [2.75, 3.05) is 0 Å². The van der Waals surface area contributed by atoms with Gasteiger partial charge in [0, 0.05) is 5.56 Å². The molecule has 0 heterocycles. The van der Waals surface area contributed by atoms with Gasteiger partial charge in [0.25, 0.3) is 0 Å². The number of hydrogen-bond donors (Lipinski definition) is 1. The first-order chi connectivity index (χ1) is 15.1. The molecule has 0 saturated carbocycles. The minimum Gasteiger partial charge on any atom is -0.478 e. The van der Waals surface area contributed by atoms with E-state index >= 15 is 0 Å². The summed E-state index contributed by atoms with van der Waals surface area (Å²) in [5, 5.41) is 9.31. The molecule has 2 aromatic rings. The number of aryl methyl sites for hydroxylation is 3. The number of ketones is 1. The van der Waals surface area contributed by atoms with Crippen molar-refractivity contribution in [3.63, 3.8) is 0 Å². The lowest BCUT2D eigenvalue weighted by molar-refractivity contribution is -0.152. The number of carbonyl (C=O) groups is 2. The van der Waals surface area contributed by atoms with Gasteiger partial charge in [-0.05, 0) is 81.0 Å². The predicted octanol–water partition coefficient (Wildman–Crippen LogP) is 6.95. The molecule has 0 saturated heterocycles. The van der Waals surface area contributed by atoms with E-state index in [0.29, 0.717) is 11.3 Å². The Hall–Kier alpha value is -2.88. The van der Waals surface area contributed by atoms with Crippen LogP contribution in [0.15, 0.2) is 42.5 Å². The number of rotatable bonds is 12. The standard InChI is InChI=1S/C28H36O4/c1-6-7-8-9-10-11-22-12-15-24(16-13-22)25(29)17-14-23-18-20(2)26(21(3)19-23)32-28(4,5)27(30)31/h12-19H,6-11H2,1-5H3,(H,30,31)/b17-14+. The van der Waals surface area contributed by atoms with Gasteiger partial charge < -0.3 is 9.84 Å². The Morgan fingerprint density at radius 3 is 2.12 bits per heavy atom. The average Bonchev–Trinajstić information content (AvgIpc) is 2.75. The van der Waals surface area contributed by atoms with E-state index in [4.69, 9.17) is 4.74 Å². The molecule has 32 heavy (non-hydrogen) atoms. The van der Waals surface area contributed by atoms with Crippen molar-refractivity contribution in [3.05, 3.63) is 70.3 Å². The molecule has 0 aromatic heterocycles. The third-order valence-corrected chi connectivity index (χ3v) is 5.59. The first-order valence-corrected chi connectivity index (χ1v) is 11.5. The second-order valence-corrected chi connectivity index (χ2v) is 8.96. The van der Waals surface area contributed by atoms with E-state index in [-0.39, 0.29) is 5.78 Å². The first-order valence-electron chi connectivity index (χ1n) is 11.5. The third kappa shape index (κ3) is 7.37. The number of allylic oxidation sites excluding steroid dienone is 1. The zero-order valence-electron chi connectivity index (χ0n) is 20.0. The van der Waals surface area contributed by atoms with E-state index in [9.17, 15) is 14.7 Å². The lowest BCUT2D eigenvalue weighted by atomic mass is 10.0. The van der Waals surface area contributed by atoms with Crippen LogP contribution in [0.3, 0.4) is 0 Å². The lowest BCUT2D eigenvalue weighted by Crippen LogP contribution is -2.38. The van der Waals surface area contributed by atoms with Crippen LogP contribution in [0.5, 0.6) is 5.75 Å². The van der Waals surface area contributed by atoms with Crippen molar-refractivity contribution >= 4 is 17.8 Å². The van der Waals surface area contributed by atoms with Crippen LogP contribution in [-0.2, 0) is 11.2 Å². The molecule has 0 amide bonds. The molecule has 0 fully saturated rings. The summed E-state index contributed by atoms with van der Waals surface area (Å²) in [6.45, 7) is 9.02. The number of hydrogen-bond acceptors (Lipinski definition) is 3. The van der Waals surface area contributed by atoms with E-state index in [2.05, 4.69) is 6.92 Å². The fourth-order valence-electron chi connectivity index (χ4n) is 3.58. The maximum atomic E-state index is 12.6. The molecule has 0 aliphatic rings. The summed E-state index contributed by atoms with van der Waals surface area (Å²) in [5.41, 5.74) is 3.16. The number of aliphatic carboxylic acids is 1. The summed E-state index contributed by atoms with van der Waals surface area (Å²) in [4.78, 5) is 23.9. The highest BCUT2D eigenvalue weighted by Crippen LogP contribution is 2.29. The minimum atomic E-state index is -1.31. The van der Waals surface area contributed by atoms with Gasteiger partial charge in [-0.2, -0.15) is 0 Å². The fourth-order valence-corrected chi connectivity index (χ4v) is 3.58. The van der Waals surface area contributed by atoms with E-state index in [1.807, 2.05) is 50.2 Å². The molecule has 4 nitrogen and oxygen atoms in total. The Balaban J connectivity index is 2.02. The molecule has 0 atom stereocenters. The van der Waals surface area contributed by atoms with Crippen LogP contribution in [-0.4, -0.2) is 22.5 Å². The number of carbonyl (C=O) groups excluding carboxylic acids is 1. The van der Waals surface area contributed by atoms with Crippen LogP contribution in [0.4, 0.5) is 0 Å². The van der Waals surface area contributed by atoms with Gasteiger partial charge in [-0.15, -0.1) is 0 Å². The largest absolute Gasteiger partial charge is 0.478 e. The van der Waals surface area contributed by atoms with Crippen molar-refractivity contribution in [2.45, 2.75) is 78.7 Å². The van der Waals surface area contributed by atoms with E-state index in [0.717, 1.165) is 23.1 Å². The molecule has 0 aliphatic carbocycles. The second kappa shape index (κ2) is 11.7. The van der Waals surface area contributed by atoms with Crippen molar-refractivity contribution in [3.8, 4) is 5.75 Å². The van der Waals surface area contributed by atoms with Crippen molar-refractivity contribution in [2.24, 2.45) is 0 Å². The molecule has 0 aliphatic heterocycles. The Morgan fingerprint density at radius 1 is 0.969 bits per heavy atom. The van der Waals surface area contributed by atoms with E-state index in [1.54, 1.807) is 12.2 Å². The van der Waals surface area contributed by atoms with E-state index < -0.39 is 11.6 Å². The highest BCUT2D eigenvalue weighted by molar-refractivity contribution is 6.06. The van der Waals surface area contributed by atoms with Crippen LogP contribution >= 0.6 is 0 Å². The lowest BCUT2D eigenvalue weighted by Gasteiger charge is -2.24. The summed E-state index contributed by atoms with van der Waals surface area (Å²) < 4.78 is 5.74. The molecule has 2 rings (SSSR count). The highest BCUT2D eigenvalue weighted by atomic mass is 16.5. The fraction of sp³-hybridized carbons (Fsp3) is 0.429. The predicted molar refractivity (Wildman–Crippen MR) is 131 cm³/mol. The number of carboxylic acids is 1. The van der Waals surface area contributed by atoms with Gasteiger partial charge in [-0.3, -0.25) is 4.79 Å². The molecular weight excluding hydrogens is 400 g/mol. The van der Waals surface area contributed by atoms with Gasteiger partial charge in [-0.25, -0.2) is 4.79 Å². The topological polar surface area (TPSA) is 63.6 Å². The molecule has 172 valence electrons. The second-order valence-electron chi connectivity index (χ2n) is 8.96. The molecule has 0 unspecified atom stereocenters. The summed E-state index contributed by atoms with van der Waals surface area (Å²) in [6.07, 6.45) is 10.7. The van der Waals surface area contributed by atoms with Gasteiger partial charge in [0.15, 0.2) is 11.4 Å². The number of carboxylic acid groups (broad SMARTS) is 1. The summed E-state index contributed by atoms with van der Waals surface area (Å²) in [7, 11) is 0. The molecule has 2 aromatic carbocycles. The number of ether oxygens (including phenoxy) is 1. The molecule has 0 radical (unpaired) electrons. The van der Waals surface area contributed by atoms with Gasteiger partial charge in [0.05, 0.1) is 0 Å². The summed E-state index contributed by atoms with van der Waals surface area (Å²) in [5.74, 6) is -0.498. The first kappa shape index (κ1) is 25.4. The molecule has 1 N–H and O–H groups in total. The highest BCUT2D eigenvalue weighted by Gasteiger charge is 2.30. The summed E-state index contributed by atoms with van der Waals surface area (Å²) >= 11 is 0. The Kier molecular flexibility index (Phi) is 9.25. The smallest absolute Gasteiger partial charge is 0.347 e. The van der Waals surface area contributed by atoms with Crippen LogP contribution in [0, 0.1) is 13.8 Å². The van der Waals surface area contributed by atoms with Crippen molar-refractivity contribution in [1.29, 1.82) is 0 Å². The van der Waals surface area contributed by atoms with Crippen LogP contribution in [0.1, 0.15) is 85.5 Å². The van der Waals surface area contributed by atoms with Crippen molar-refractivity contribution in [1.82, 2.24) is 0 Å². The monoisotopic (exact) mass is 436 g/mol. The van der Waals surface area contributed by atoms with Gasteiger partial charge in [-0.1, -0.05) is 62.9 Å². The van der Waals surface area contributed by atoms with Crippen molar-refractivity contribution < 1.29 is 19.4 Å². The SMILES string of the molecule is CCCCCCCc1ccc(C(=O)/C=C/c2cc(C)c(OC(C)(C)C(=O)O)c(C)c2)cc1. The maximum absolute atomic E-state index is 12.6. The average molecular weight is 437 g/mol.